The Labute approximate surface area is 110 Å². The van der Waals surface area contributed by atoms with Crippen LogP contribution in [0.4, 0.5) is 0 Å². The van der Waals surface area contributed by atoms with Gasteiger partial charge in [-0.05, 0) is 25.0 Å². The number of nitrogens with two attached hydrogens (primary N) is 1. The monoisotopic (exact) mass is 266 g/mol. The third-order valence-electron chi connectivity index (χ3n) is 3.64. The molecule has 0 unspecified atom stereocenters. The Kier molecular flexibility index (Phi) is 3.01. The van der Waals surface area contributed by atoms with Gasteiger partial charge < -0.3 is 14.9 Å². The molecule has 1 aliphatic heterocycles. The van der Waals surface area contributed by atoms with Gasteiger partial charge in [0, 0.05) is 30.8 Å². The summed E-state index contributed by atoms with van der Waals surface area (Å²) in [5, 5.41) is 0.652. The molecule has 2 heterocycles. The lowest BCUT2D eigenvalue weighted by molar-refractivity contribution is 0.0438. The number of rotatable bonds is 2. The van der Waals surface area contributed by atoms with E-state index in [1.54, 1.807) is 6.07 Å². The van der Waals surface area contributed by atoms with Crippen LogP contribution in [-0.4, -0.2) is 24.7 Å². The molecule has 1 aromatic heterocycles. The summed E-state index contributed by atoms with van der Waals surface area (Å²) in [5.74, 6) is 0.713. The van der Waals surface area contributed by atoms with Crippen molar-refractivity contribution in [2.24, 2.45) is 5.73 Å². The molecule has 1 aromatic carbocycles. The average Bonchev–Trinajstić information content (AvgIpc) is 2.83. The molecule has 2 aromatic rings. The molecule has 0 amide bonds. The summed E-state index contributed by atoms with van der Waals surface area (Å²) in [6.45, 7) is 1.93. The van der Waals surface area contributed by atoms with E-state index in [4.69, 9.17) is 26.5 Å². The minimum Gasteiger partial charge on any atom is -0.440 e. The zero-order chi connectivity index (χ0) is 12.6. The predicted octanol–water partition coefficient (Wildman–Crippen LogP) is 2.49. The maximum absolute atomic E-state index is 5.95. The Morgan fingerprint density at radius 2 is 2.11 bits per heavy atom. The highest BCUT2D eigenvalue weighted by atomic mass is 35.5. The summed E-state index contributed by atoms with van der Waals surface area (Å²) in [7, 11) is 0. The summed E-state index contributed by atoms with van der Waals surface area (Å²) in [6.07, 6.45) is 1.70. The Hall–Kier alpha value is -1.10. The molecular formula is C13H15ClN2O2. The highest BCUT2D eigenvalue weighted by Crippen LogP contribution is 2.35. The third kappa shape index (κ3) is 1.90. The molecule has 5 heteroatoms. The average molecular weight is 267 g/mol. The van der Waals surface area contributed by atoms with Crippen molar-refractivity contribution >= 4 is 22.7 Å². The number of benzene rings is 1. The first-order chi connectivity index (χ1) is 8.73. The van der Waals surface area contributed by atoms with Crippen LogP contribution in [0.3, 0.4) is 0 Å². The van der Waals surface area contributed by atoms with Crippen molar-refractivity contribution in [1.29, 1.82) is 0 Å². The number of ether oxygens (including phenoxy) is 1. The zero-order valence-corrected chi connectivity index (χ0v) is 10.7. The molecule has 18 heavy (non-hydrogen) atoms. The lowest BCUT2D eigenvalue weighted by atomic mass is 9.80. The van der Waals surface area contributed by atoms with E-state index in [2.05, 4.69) is 4.98 Å². The smallest absolute Gasteiger partial charge is 0.203 e. The fourth-order valence-electron chi connectivity index (χ4n) is 2.39. The Morgan fingerprint density at radius 1 is 1.33 bits per heavy atom. The van der Waals surface area contributed by atoms with Crippen molar-refractivity contribution in [3.8, 4) is 0 Å². The Bertz CT molecular complexity index is 561. The largest absolute Gasteiger partial charge is 0.440 e. The number of halogens is 1. The van der Waals surface area contributed by atoms with E-state index in [1.807, 2.05) is 12.1 Å². The van der Waals surface area contributed by atoms with Crippen LogP contribution in [0.2, 0.25) is 5.02 Å². The van der Waals surface area contributed by atoms with Crippen molar-refractivity contribution in [2.45, 2.75) is 18.3 Å². The minimum atomic E-state index is -0.191. The van der Waals surface area contributed by atoms with E-state index in [1.165, 1.54) is 0 Å². The molecule has 0 spiro atoms. The van der Waals surface area contributed by atoms with Crippen molar-refractivity contribution in [1.82, 2.24) is 4.98 Å². The maximum atomic E-state index is 5.95. The quantitative estimate of drug-likeness (QED) is 0.907. The number of hydrogen-bond acceptors (Lipinski definition) is 4. The topological polar surface area (TPSA) is 61.3 Å². The molecule has 96 valence electrons. The summed E-state index contributed by atoms with van der Waals surface area (Å²) in [4.78, 5) is 4.56. The van der Waals surface area contributed by atoms with Gasteiger partial charge in [-0.15, -0.1) is 0 Å². The highest BCUT2D eigenvalue weighted by molar-refractivity contribution is 6.31. The Balaban J connectivity index is 2.06. The second-order valence-electron chi connectivity index (χ2n) is 4.73. The standard InChI is InChI=1S/C13H15ClN2O2/c14-9-1-2-10-11(7-9)18-12(16-10)13(8-15)3-5-17-6-4-13/h1-2,7H,3-6,8,15H2. The van der Waals surface area contributed by atoms with E-state index in [0.717, 1.165) is 23.9 Å². The molecule has 0 bridgehead atoms. The van der Waals surface area contributed by atoms with E-state index in [-0.39, 0.29) is 5.41 Å². The molecule has 4 nitrogen and oxygen atoms in total. The van der Waals surface area contributed by atoms with Crippen molar-refractivity contribution in [2.75, 3.05) is 19.8 Å². The first-order valence-corrected chi connectivity index (χ1v) is 6.46. The first-order valence-electron chi connectivity index (χ1n) is 6.08. The van der Waals surface area contributed by atoms with E-state index in [9.17, 15) is 0 Å². The molecule has 0 radical (unpaired) electrons. The van der Waals surface area contributed by atoms with Gasteiger partial charge in [-0.1, -0.05) is 11.6 Å². The van der Waals surface area contributed by atoms with Crippen LogP contribution in [0.15, 0.2) is 22.6 Å². The van der Waals surface area contributed by atoms with Gasteiger partial charge in [-0.3, -0.25) is 0 Å². The van der Waals surface area contributed by atoms with Gasteiger partial charge in [0.25, 0.3) is 0 Å². The van der Waals surface area contributed by atoms with Crippen LogP contribution < -0.4 is 5.73 Å². The summed E-state index contributed by atoms with van der Waals surface area (Å²) < 4.78 is 11.2. The molecule has 1 fully saturated rings. The van der Waals surface area contributed by atoms with Crippen LogP contribution in [0.5, 0.6) is 0 Å². The summed E-state index contributed by atoms with van der Waals surface area (Å²) in [5.41, 5.74) is 7.30. The van der Waals surface area contributed by atoms with Gasteiger partial charge in [0.15, 0.2) is 5.58 Å². The summed E-state index contributed by atoms with van der Waals surface area (Å²) >= 11 is 5.95. The van der Waals surface area contributed by atoms with Crippen LogP contribution in [0.1, 0.15) is 18.7 Å². The van der Waals surface area contributed by atoms with Crippen molar-refractivity contribution < 1.29 is 9.15 Å². The second kappa shape index (κ2) is 4.53. The molecule has 1 aliphatic rings. The molecule has 1 saturated heterocycles. The van der Waals surface area contributed by atoms with Crippen LogP contribution in [0.25, 0.3) is 11.1 Å². The maximum Gasteiger partial charge on any atom is 0.203 e. The Morgan fingerprint density at radius 3 is 2.83 bits per heavy atom. The predicted molar refractivity (Wildman–Crippen MR) is 69.8 cm³/mol. The molecular weight excluding hydrogens is 252 g/mol. The third-order valence-corrected chi connectivity index (χ3v) is 3.88. The van der Waals surface area contributed by atoms with Gasteiger partial charge in [-0.2, -0.15) is 0 Å². The van der Waals surface area contributed by atoms with Gasteiger partial charge >= 0.3 is 0 Å². The van der Waals surface area contributed by atoms with Crippen molar-refractivity contribution in [3.05, 3.63) is 29.1 Å². The van der Waals surface area contributed by atoms with E-state index >= 15 is 0 Å². The molecule has 0 atom stereocenters. The molecule has 3 rings (SSSR count). The first kappa shape index (κ1) is 12.0. The number of oxazole rings is 1. The van der Waals surface area contributed by atoms with Gasteiger partial charge in [0.1, 0.15) is 5.52 Å². The number of aromatic nitrogens is 1. The fraction of sp³-hybridized carbons (Fsp3) is 0.462. The van der Waals surface area contributed by atoms with E-state index < -0.39 is 0 Å². The molecule has 0 saturated carbocycles. The number of nitrogens with zero attached hydrogens (tertiary/aromatic N) is 1. The molecule has 0 aliphatic carbocycles. The lowest BCUT2D eigenvalue weighted by Crippen LogP contribution is -2.40. The van der Waals surface area contributed by atoms with Crippen LogP contribution in [-0.2, 0) is 10.2 Å². The summed E-state index contributed by atoms with van der Waals surface area (Å²) in [6, 6.07) is 5.47. The van der Waals surface area contributed by atoms with E-state index in [0.29, 0.717) is 30.7 Å². The lowest BCUT2D eigenvalue weighted by Gasteiger charge is -2.32. The highest BCUT2D eigenvalue weighted by Gasteiger charge is 2.37. The number of fused-ring (bicyclic) bond motifs is 1. The minimum absolute atomic E-state index is 0.191. The van der Waals surface area contributed by atoms with Gasteiger partial charge in [0.2, 0.25) is 5.89 Å². The molecule has 2 N–H and O–H groups in total. The zero-order valence-electron chi connectivity index (χ0n) is 9.99. The normalized spacial score (nSPS) is 19.2. The second-order valence-corrected chi connectivity index (χ2v) is 5.16. The SMILES string of the molecule is NCC1(c2nc3ccc(Cl)cc3o2)CCOCC1. The van der Waals surface area contributed by atoms with Crippen LogP contribution >= 0.6 is 11.6 Å². The number of hydrogen-bond donors (Lipinski definition) is 1. The van der Waals surface area contributed by atoms with Crippen molar-refractivity contribution in [3.63, 3.8) is 0 Å². The van der Waals surface area contributed by atoms with Gasteiger partial charge in [-0.25, -0.2) is 4.98 Å². The van der Waals surface area contributed by atoms with Crippen LogP contribution in [0, 0.1) is 0 Å². The fourth-order valence-corrected chi connectivity index (χ4v) is 2.55. The van der Waals surface area contributed by atoms with Gasteiger partial charge in [0.05, 0.1) is 5.41 Å².